The van der Waals surface area contributed by atoms with Gasteiger partial charge in [-0.2, -0.15) is 0 Å². The third-order valence-corrected chi connectivity index (χ3v) is 5.11. The van der Waals surface area contributed by atoms with Crippen molar-refractivity contribution in [2.75, 3.05) is 6.54 Å². The minimum Gasteiger partial charge on any atom is -0.352 e. The van der Waals surface area contributed by atoms with Gasteiger partial charge in [0.05, 0.1) is 0 Å². The molecule has 0 saturated heterocycles. The minimum atomic E-state index is 0.0483. The Hall–Kier alpha value is -0.830. The molecule has 1 aromatic rings. The van der Waals surface area contributed by atoms with Crippen LogP contribution < -0.4 is 5.32 Å². The first kappa shape index (κ1) is 16.5. The molecule has 1 N–H and O–H groups in total. The molecule has 21 heavy (non-hydrogen) atoms. The van der Waals surface area contributed by atoms with Crippen molar-refractivity contribution in [3.8, 4) is 0 Å². The van der Waals surface area contributed by atoms with E-state index in [1.54, 1.807) is 0 Å². The lowest BCUT2D eigenvalue weighted by Gasteiger charge is -2.25. The first-order valence-corrected chi connectivity index (χ1v) is 8.80. The summed E-state index contributed by atoms with van der Waals surface area (Å²) in [5.41, 5.74) is 2.14. The summed E-state index contributed by atoms with van der Waals surface area (Å²) in [5, 5.41) is 3.09. The van der Waals surface area contributed by atoms with Gasteiger partial charge in [0, 0.05) is 16.9 Å². The van der Waals surface area contributed by atoms with Gasteiger partial charge in [0.1, 0.15) is 0 Å². The molecule has 2 atom stereocenters. The molecule has 1 aliphatic rings. The quantitative estimate of drug-likeness (QED) is 0.787. The Labute approximate surface area is 136 Å². The molecule has 1 amide bonds. The van der Waals surface area contributed by atoms with Crippen molar-refractivity contribution in [2.45, 2.75) is 56.7 Å². The predicted octanol–water partition coefficient (Wildman–Crippen LogP) is 4.67. The molecule has 1 aliphatic carbocycles. The number of benzene rings is 1. The van der Waals surface area contributed by atoms with E-state index in [9.17, 15) is 4.79 Å². The number of alkyl halides is 1. The fraction of sp³-hybridized carbons (Fsp3) is 0.611. The second-order valence-electron chi connectivity index (χ2n) is 7.17. The number of rotatable bonds is 3. The normalized spacial score (nSPS) is 22.9. The largest absolute Gasteiger partial charge is 0.352 e. The molecule has 0 aromatic heterocycles. The van der Waals surface area contributed by atoms with Crippen molar-refractivity contribution >= 4 is 21.8 Å². The van der Waals surface area contributed by atoms with E-state index < -0.39 is 0 Å². The Balaban J connectivity index is 1.88. The number of nitrogens with one attached hydrogen (secondary N) is 1. The number of hydrogen-bond acceptors (Lipinski definition) is 1. The second-order valence-corrected chi connectivity index (χ2v) is 8.46. The molecule has 0 spiro atoms. The van der Waals surface area contributed by atoms with Crippen molar-refractivity contribution in [3.63, 3.8) is 0 Å². The van der Waals surface area contributed by atoms with Gasteiger partial charge in [-0.25, -0.2) is 0 Å². The van der Waals surface area contributed by atoms with Gasteiger partial charge in [-0.1, -0.05) is 55.3 Å². The third kappa shape index (κ3) is 4.84. The molecule has 0 aliphatic heterocycles. The molecule has 1 saturated carbocycles. The Morgan fingerprint density at radius 1 is 1.24 bits per heavy atom. The molecular formula is C18H26BrNO. The molecule has 0 heterocycles. The number of carbonyl (C=O) groups is 1. The zero-order valence-electron chi connectivity index (χ0n) is 13.3. The summed E-state index contributed by atoms with van der Waals surface area (Å²) in [6, 6.07) is 7.99. The van der Waals surface area contributed by atoms with E-state index in [4.69, 9.17) is 0 Å². The van der Waals surface area contributed by atoms with Crippen LogP contribution in [0.2, 0.25) is 0 Å². The Bertz CT molecular complexity index is 475. The Morgan fingerprint density at radius 3 is 2.48 bits per heavy atom. The number of amides is 1. The average molecular weight is 352 g/mol. The molecule has 0 bridgehead atoms. The lowest BCUT2D eigenvalue weighted by Crippen LogP contribution is -2.32. The molecular weight excluding hydrogens is 326 g/mol. The van der Waals surface area contributed by atoms with Crippen LogP contribution in [0.1, 0.15) is 62.4 Å². The molecule has 1 aromatic carbocycles. The predicted molar refractivity (Wildman–Crippen MR) is 92.1 cm³/mol. The van der Waals surface area contributed by atoms with Crippen LogP contribution >= 0.6 is 15.9 Å². The van der Waals surface area contributed by atoms with Gasteiger partial charge in [-0.3, -0.25) is 4.79 Å². The summed E-state index contributed by atoms with van der Waals surface area (Å²) >= 11 is 3.69. The first-order chi connectivity index (χ1) is 9.86. The topological polar surface area (TPSA) is 29.1 Å². The summed E-state index contributed by atoms with van der Waals surface area (Å²) in [5.74, 6) is 0.660. The van der Waals surface area contributed by atoms with Gasteiger partial charge >= 0.3 is 0 Å². The van der Waals surface area contributed by atoms with Crippen LogP contribution in [0.5, 0.6) is 0 Å². The standard InChI is InChI=1S/C18H26BrNO/c1-18(2,3)15-9-7-14(8-10-15)17(21)20-12-13-5-4-6-16(19)11-13/h7-10,13,16H,4-6,11-12H2,1-3H3,(H,20,21). The van der Waals surface area contributed by atoms with Crippen LogP contribution in [0.4, 0.5) is 0 Å². The minimum absolute atomic E-state index is 0.0483. The smallest absolute Gasteiger partial charge is 0.251 e. The summed E-state index contributed by atoms with van der Waals surface area (Å²) in [4.78, 5) is 12.8. The molecule has 3 heteroatoms. The Kier molecular flexibility index (Phi) is 5.48. The van der Waals surface area contributed by atoms with E-state index in [-0.39, 0.29) is 11.3 Å². The SMILES string of the molecule is CC(C)(C)c1ccc(C(=O)NCC2CCCC(Br)C2)cc1. The fourth-order valence-electron chi connectivity index (χ4n) is 2.87. The molecule has 116 valence electrons. The van der Waals surface area contributed by atoms with Gasteiger partial charge in [0.15, 0.2) is 0 Å². The number of hydrogen-bond donors (Lipinski definition) is 1. The Morgan fingerprint density at radius 2 is 1.90 bits per heavy atom. The number of carbonyl (C=O) groups excluding carboxylic acids is 1. The third-order valence-electron chi connectivity index (χ3n) is 4.28. The fourth-order valence-corrected chi connectivity index (χ4v) is 3.72. The van der Waals surface area contributed by atoms with Crippen molar-refractivity contribution in [2.24, 2.45) is 5.92 Å². The molecule has 2 unspecified atom stereocenters. The van der Waals surface area contributed by atoms with Crippen LogP contribution in [0, 0.1) is 5.92 Å². The van der Waals surface area contributed by atoms with Gasteiger partial charge in [-0.05, 0) is 48.3 Å². The van der Waals surface area contributed by atoms with Gasteiger partial charge in [0.2, 0.25) is 0 Å². The molecule has 2 rings (SSSR count). The highest BCUT2D eigenvalue weighted by Crippen LogP contribution is 2.28. The highest BCUT2D eigenvalue weighted by atomic mass is 79.9. The van der Waals surface area contributed by atoms with E-state index >= 15 is 0 Å². The summed E-state index contributed by atoms with van der Waals surface area (Å²) in [6.45, 7) is 7.34. The zero-order chi connectivity index (χ0) is 15.5. The summed E-state index contributed by atoms with van der Waals surface area (Å²) < 4.78 is 0. The monoisotopic (exact) mass is 351 g/mol. The lowest BCUT2D eigenvalue weighted by atomic mass is 9.86. The highest BCUT2D eigenvalue weighted by molar-refractivity contribution is 9.09. The van der Waals surface area contributed by atoms with E-state index in [1.807, 2.05) is 12.1 Å². The van der Waals surface area contributed by atoms with Gasteiger partial charge < -0.3 is 5.32 Å². The van der Waals surface area contributed by atoms with Gasteiger partial charge in [-0.15, -0.1) is 0 Å². The van der Waals surface area contributed by atoms with Crippen LogP contribution in [-0.2, 0) is 5.41 Å². The first-order valence-electron chi connectivity index (χ1n) is 7.89. The van der Waals surface area contributed by atoms with E-state index in [1.165, 1.54) is 31.2 Å². The maximum absolute atomic E-state index is 12.2. The molecule has 0 radical (unpaired) electrons. The van der Waals surface area contributed by atoms with E-state index in [0.717, 1.165) is 12.1 Å². The van der Waals surface area contributed by atoms with E-state index in [2.05, 4.69) is 54.2 Å². The van der Waals surface area contributed by atoms with Crippen molar-refractivity contribution in [1.29, 1.82) is 0 Å². The highest BCUT2D eigenvalue weighted by Gasteiger charge is 2.20. The zero-order valence-corrected chi connectivity index (χ0v) is 14.9. The summed E-state index contributed by atoms with van der Waals surface area (Å²) in [7, 11) is 0. The van der Waals surface area contributed by atoms with Crippen LogP contribution in [0.15, 0.2) is 24.3 Å². The van der Waals surface area contributed by atoms with Crippen LogP contribution in [-0.4, -0.2) is 17.3 Å². The second kappa shape index (κ2) is 6.95. The maximum Gasteiger partial charge on any atom is 0.251 e. The van der Waals surface area contributed by atoms with Crippen molar-refractivity contribution in [3.05, 3.63) is 35.4 Å². The van der Waals surface area contributed by atoms with Crippen LogP contribution in [0.3, 0.4) is 0 Å². The van der Waals surface area contributed by atoms with Crippen LogP contribution in [0.25, 0.3) is 0 Å². The van der Waals surface area contributed by atoms with E-state index in [0.29, 0.717) is 10.7 Å². The average Bonchev–Trinajstić information content (AvgIpc) is 2.44. The van der Waals surface area contributed by atoms with Crippen molar-refractivity contribution < 1.29 is 4.79 Å². The number of halogens is 1. The van der Waals surface area contributed by atoms with Gasteiger partial charge in [0.25, 0.3) is 5.91 Å². The van der Waals surface area contributed by atoms with Crippen molar-refractivity contribution in [1.82, 2.24) is 5.32 Å². The summed E-state index contributed by atoms with van der Waals surface area (Å²) in [6.07, 6.45) is 4.92. The lowest BCUT2D eigenvalue weighted by molar-refractivity contribution is 0.0944. The maximum atomic E-state index is 12.2. The molecule has 1 fully saturated rings. The molecule has 2 nitrogen and oxygen atoms in total.